The van der Waals surface area contributed by atoms with Crippen molar-refractivity contribution in [3.63, 3.8) is 0 Å². The van der Waals surface area contributed by atoms with Gasteiger partial charge in [0.1, 0.15) is 12.4 Å². The Morgan fingerprint density at radius 2 is 1.85 bits per heavy atom. The quantitative estimate of drug-likeness (QED) is 0.673. The van der Waals surface area contributed by atoms with E-state index in [4.69, 9.17) is 9.47 Å². The molecule has 1 saturated carbocycles. The molecule has 0 bridgehead atoms. The van der Waals surface area contributed by atoms with Crippen molar-refractivity contribution in [3.05, 3.63) is 23.8 Å². The number of anilines is 1. The van der Waals surface area contributed by atoms with E-state index in [1.807, 2.05) is 0 Å². The number of benzene rings is 1. The standard InChI is InChI=1S/C25H41N3O5S/c1-18-14-28(15-20-9-7-6-8-10-20)19(2)17-33-23-13-21(26-34(5,30)31)11-12-22(23)25(29)27(3)16-24(18)32-4/h11-13,18-20,24,26H,6-10,14-17H2,1-5H3/t18-,19+,24+/m0/s1. The van der Waals surface area contributed by atoms with Gasteiger partial charge in [0.2, 0.25) is 10.0 Å². The van der Waals surface area contributed by atoms with Gasteiger partial charge in [-0.15, -0.1) is 0 Å². The predicted octanol–water partition coefficient (Wildman–Crippen LogP) is 3.44. The second kappa shape index (κ2) is 11.7. The molecule has 8 nitrogen and oxygen atoms in total. The Hall–Kier alpha value is -1.84. The molecule has 1 N–H and O–H groups in total. The Kier molecular flexibility index (Phi) is 9.23. The van der Waals surface area contributed by atoms with Crippen molar-refractivity contribution in [2.75, 3.05) is 51.4 Å². The van der Waals surface area contributed by atoms with E-state index in [2.05, 4.69) is 23.5 Å². The van der Waals surface area contributed by atoms with Crippen molar-refractivity contribution in [2.24, 2.45) is 11.8 Å². The lowest BCUT2D eigenvalue weighted by atomic mass is 9.88. The van der Waals surface area contributed by atoms with Crippen LogP contribution in [0.25, 0.3) is 0 Å². The molecule has 1 amide bonds. The maximum absolute atomic E-state index is 13.3. The summed E-state index contributed by atoms with van der Waals surface area (Å²) in [6.45, 7) is 7.12. The first-order chi connectivity index (χ1) is 16.1. The van der Waals surface area contributed by atoms with Crippen molar-refractivity contribution < 1.29 is 22.7 Å². The average Bonchev–Trinajstić information content (AvgIpc) is 2.79. The van der Waals surface area contributed by atoms with Crippen LogP contribution in [0.1, 0.15) is 56.3 Å². The predicted molar refractivity (Wildman–Crippen MR) is 135 cm³/mol. The van der Waals surface area contributed by atoms with Crippen LogP contribution < -0.4 is 9.46 Å². The molecule has 0 unspecified atom stereocenters. The topological polar surface area (TPSA) is 88.2 Å². The highest BCUT2D eigenvalue weighted by Gasteiger charge is 2.29. The number of amides is 1. The first kappa shape index (κ1) is 26.8. The summed E-state index contributed by atoms with van der Waals surface area (Å²) in [6.07, 6.45) is 7.48. The molecule has 1 aromatic carbocycles. The molecule has 1 heterocycles. The van der Waals surface area contributed by atoms with E-state index >= 15 is 0 Å². The SMILES string of the molecule is CO[C@@H]1CN(C)C(=O)c2ccc(NS(C)(=O)=O)cc2OC[C@@H](C)N(CC2CCCCC2)C[C@@H]1C. The highest BCUT2D eigenvalue weighted by Crippen LogP contribution is 2.29. The summed E-state index contributed by atoms with van der Waals surface area (Å²) in [4.78, 5) is 17.4. The summed E-state index contributed by atoms with van der Waals surface area (Å²) in [5.74, 6) is 1.14. The summed E-state index contributed by atoms with van der Waals surface area (Å²) in [6, 6.07) is 4.95. The zero-order valence-electron chi connectivity index (χ0n) is 21.2. The average molecular weight is 496 g/mol. The van der Waals surface area contributed by atoms with Gasteiger partial charge in [-0.2, -0.15) is 0 Å². The molecule has 192 valence electrons. The molecule has 34 heavy (non-hydrogen) atoms. The van der Waals surface area contributed by atoms with Crippen LogP contribution in [0.2, 0.25) is 0 Å². The molecule has 0 radical (unpaired) electrons. The number of sulfonamides is 1. The Labute approximate surface area is 205 Å². The Morgan fingerprint density at radius 1 is 1.15 bits per heavy atom. The van der Waals surface area contributed by atoms with Gasteiger partial charge in [-0.25, -0.2) is 8.42 Å². The fourth-order valence-corrected chi connectivity index (χ4v) is 5.64. The number of nitrogens with one attached hydrogen (secondary N) is 1. The summed E-state index contributed by atoms with van der Waals surface area (Å²) < 4.78 is 38.0. The number of methoxy groups -OCH3 is 1. The number of likely N-dealkylation sites (N-methyl/N-ethyl adjacent to an activating group) is 1. The maximum atomic E-state index is 13.3. The van der Waals surface area contributed by atoms with Crippen LogP contribution in [0.3, 0.4) is 0 Å². The summed E-state index contributed by atoms with van der Waals surface area (Å²) >= 11 is 0. The second-order valence-electron chi connectivity index (χ2n) is 10.1. The second-order valence-corrected chi connectivity index (χ2v) is 11.9. The Balaban J connectivity index is 1.91. The van der Waals surface area contributed by atoms with E-state index in [0.29, 0.717) is 36.1 Å². The lowest BCUT2D eigenvalue weighted by Crippen LogP contribution is -2.48. The van der Waals surface area contributed by atoms with Gasteiger partial charge >= 0.3 is 0 Å². The monoisotopic (exact) mass is 495 g/mol. The lowest BCUT2D eigenvalue weighted by Gasteiger charge is -2.38. The molecule has 0 spiro atoms. The molecule has 1 aliphatic carbocycles. The van der Waals surface area contributed by atoms with Crippen LogP contribution in [-0.2, 0) is 14.8 Å². The van der Waals surface area contributed by atoms with Gasteiger partial charge in [-0.1, -0.05) is 26.2 Å². The molecule has 3 atom stereocenters. The van der Waals surface area contributed by atoms with Crippen LogP contribution in [0, 0.1) is 11.8 Å². The van der Waals surface area contributed by atoms with Crippen LogP contribution in [0.4, 0.5) is 5.69 Å². The van der Waals surface area contributed by atoms with E-state index in [0.717, 1.165) is 19.3 Å². The van der Waals surface area contributed by atoms with Gasteiger partial charge < -0.3 is 14.4 Å². The molecule has 1 fully saturated rings. The molecular weight excluding hydrogens is 454 g/mol. The fourth-order valence-electron chi connectivity index (χ4n) is 5.08. The largest absolute Gasteiger partial charge is 0.491 e. The van der Waals surface area contributed by atoms with E-state index in [1.165, 1.54) is 32.1 Å². The summed E-state index contributed by atoms with van der Waals surface area (Å²) in [7, 11) is 0.0279. The van der Waals surface area contributed by atoms with E-state index in [1.54, 1.807) is 37.3 Å². The Morgan fingerprint density at radius 3 is 2.50 bits per heavy atom. The number of fused-ring (bicyclic) bond motifs is 1. The van der Waals surface area contributed by atoms with Crippen LogP contribution in [-0.4, -0.2) is 82.9 Å². The van der Waals surface area contributed by atoms with Crippen LogP contribution in [0.15, 0.2) is 18.2 Å². The maximum Gasteiger partial charge on any atom is 0.257 e. The number of rotatable bonds is 5. The lowest BCUT2D eigenvalue weighted by molar-refractivity contribution is 0.00690. The number of hydrogen-bond donors (Lipinski definition) is 1. The van der Waals surface area contributed by atoms with Crippen molar-refractivity contribution in [1.29, 1.82) is 0 Å². The van der Waals surface area contributed by atoms with Crippen molar-refractivity contribution in [3.8, 4) is 5.75 Å². The third-order valence-corrected chi connectivity index (χ3v) is 7.70. The Bertz CT molecular complexity index is 932. The normalized spacial score (nSPS) is 26.2. The van der Waals surface area contributed by atoms with Crippen molar-refractivity contribution >= 4 is 21.6 Å². The summed E-state index contributed by atoms with van der Waals surface area (Å²) in [5.41, 5.74) is 0.787. The fraction of sp³-hybridized carbons (Fsp3) is 0.720. The molecule has 1 aliphatic heterocycles. The van der Waals surface area contributed by atoms with Crippen LogP contribution in [0.5, 0.6) is 5.75 Å². The highest BCUT2D eigenvalue weighted by molar-refractivity contribution is 7.92. The molecular formula is C25H41N3O5S. The first-order valence-corrected chi connectivity index (χ1v) is 14.2. The molecule has 9 heteroatoms. The molecule has 3 rings (SSSR count). The van der Waals surface area contributed by atoms with Crippen molar-refractivity contribution in [2.45, 2.75) is 58.1 Å². The van der Waals surface area contributed by atoms with E-state index < -0.39 is 10.0 Å². The van der Waals surface area contributed by atoms with Gasteiger partial charge in [0.25, 0.3) is 5.91 Å². The number of carbonyl (C=O) groups is 1. The number of hydrogen-bond acceptors (Lipinski definition) is 6. The molecule has 1 aromatic rings. The van der Waals surface area contributed by atoms with E-state index in [-0.39, 0.29) is 24.0 Å². The molecule has 2 aliphatic rings. The number of nitrogens with zero attached hydrogens (tertiary/aromatic N) is 2. The zero-order valence-corrected chi connectivity index (χ0v) is 22.1. The molecule has 0 saturated heterocycles. The number of ether oxygens (including phenoxy) is 2. The van der Waals surface area contributed by atoms with Gasteiger partial charge in [-0.3, -0.25) is 14.4 Å². The van der Waals surface area contributed by atoms with Gasteiger partial charge in [0.15, 0.2) is 0 Å². The zero-order chi connectivity index (χ0) is 24.9. The minimum Gasteiger partial charge on any atom is -0.491 e. The van der Waals surface area contributed by atoms with E-state index in [9.17, 15) is 13.2 Å². The molecule has 0 aromatic heterocycles. The first-order valence-electron chi connectivity index (χ1n) is 12.3. The third kappa shape index (κ3) is 7.33. The van der Waals surface area contributed by atoms with Crippen molar-refractivity contribution in [1.82, 2.24) is 9.80 Å². The summed E-state index contributed by atoms with van der Waals surface area (Å²) in [5, 5.41) is 0. The highest BCUT2D eigenvalue weighted by atomic mass is 32.2. The third-order valence-electron chi connectivity index (χ3n) is 7.10. The number of carbonyl (C=O) groups excluding carboxylic acids is 1. The minimum atomic E-state index is -3.45. The van der Waals surface area contributed by atoms with Gasteiger partial charge in [0, 0.05) is 45.9 Å². The van der Waals surface area contributed by atoms with Gasteiger partial charge in [0.05, 0.1) is 23.6 Å². The van der Waals surface area contributed by atoms with Gasteiger partial charge in [-0.05, 0) is 43.7 Å². The minimum absolute atomic E-state index is 0.0926. The smallest absolute Gasteiger partial charge is 0.257 e. The van der Waals surface area contributed by atoms with Crippen LogP contribution >= 0.6 is 0 Å².